The molecule has 1 atom stereocenters. The average Bonchev–Trinajstić information content (AvgIpc) is 2.39. The van der Waals surface area contributed by atoms with Crippen molar-refractivity contribution in [1.29, 1.82) is 0 Å². The third-order valence-electron chi connectivity index (χ3n) is 2.13. The van der Waals surface area contributed by atoms with Crippen LogP contribution >= 0.6 is 25.2 Å². The summed E-state index contributed by atoms with van der Waals surface area (Å²) in [6, 6.07) is 5.94. The predicted molar refractivity (Wildman–Crippen MR) is 65.2 cm³/mol. The van der Waals surface area contributed by atoms with Gasteiger partial charge in [0.2, 0.25) is 0 Å². The van der Waals surface area contributed by atoms with E-state index in [1.807, 2.05) is 0 Å². The molecule has 0 spiro atoms. The summed E-state index contributed by atoms with van der Waals surface area (Å²) in [5.74, 6) is -1.91. The predicted octanol–water partition coefficient (Wildman–Crippen LogP) is 4.26. The van der Waals surface area contributed by atoms with E-state index >= 15 is 0 Å². The number of carbonyl (C=O) groups excluding carboxylic acids is 1. The zero-order valence-corrected chi connectivity index (χ0v) is 14.9. The second-order valence-corrected chi connectivity index (χ2v) is 3.61. The van der Waals surface area contributed by atoms with E-state index in [2.05, 4.69) is 18.4 Å². The minimum atomic E-state index is -1.81. The Morgan fingerprint density at radius 1 is 1.44 bits per heavy atom. The number of hydrogen-bond donors (Lipinski definition) is 0. The number of esters is 1. The Hall–Kier alpha value is -0.0566. The van der Waals surface area contributed by atoms with Crippen LogP contribution in [0.25, 0.3) is 0 Å². The summed E-state index contributed by atoms with van der Waals surface area (Å²) >= 11 is 9.89. The van der Waals surface area contributed by atoms with Crippen molar-refractivity contribution in [2.45, 2.75) is 12.3 Å². The first kappa shape index (κ1) is 17.9. The van der Waals surface area contributed by atoms with Gasteiger partial charge in [0.1, 0.15) is 0 Å². The number of halogens is 4. The van der Waals surface area contributed by atoms with Gasteiger partial charge in [-0.3, -0.25) is 4.79 Å². The van der Waals surface area contributed by atoms with Crippen LogP contribution in [-0.2, 0) is 25.9 Å². The van der Waals surface area contributed by atoms with Crippen molar-refractivity contribution in [2.24, 2.45) is 0 Å². The number of benzene rings is 1. The van der Waals surface area contributed by atoms with Gasteiger partial charge in [-0.2, -0.15) is 0 Å². The van der Waals surface area contributed by atoms with Crippen molar-refractivity contribution in [2.75, 3.05) is 7.11 Å². The molecule has 1 unspecified atom stereocenters. The first-order valence-corrected chi connectivity index (χ1v) is 12.1. The van der Waals surface area contributed by atoms with E-state index in [0.717, 1.165) is 7.11 Å². The SMILES string of the molecule is COC(=O)CC(c1ccc(Cl)cc1)[C-](F)F.[Zn+][Br]. The van der Waals surface area contributed by atoms with Gasteiger partial charge in [-0.15, -0.1) is 0 Å². The molecular formula is C11H10BrClF2O2Zn. The number of rotatable bonds is 4. The monoisotopic (exact) mass is 390 g/mol. The van der Waals surface area contributed by atoms with Gasteiger partial charge in [-0.25, -0.2) is 0 Å². The maximum absolute atomic E-state index is 12.7. The molecule has 0 saturated carbocycles. The van der Waals surface area contributed by atoms with Gasteiger partial charge in [-0.1, -0.05) is 35.2 Å². The third kappa shape index (κ3) is 6.21. The van der Waals surface area contributed by atoms with Crippen LogP contribution in [0.4, 0.5) is 8.78 Å². The third-order valence-corrected chi connectivity index (χ3v) is 2.39. The molecule has 0 bridgehead atoms. The van der Waals surface area contributed by atoms with E-state index in [9.17, 15) is 13.6 Å². The first-order chi connectivity index (χ1) is 8.54. The molecule has 0 aliphatic rings. The van der Waals surface area contributed by atoms with Crippen LogP contribution in [0.3, 0.4) is 0 Å². The van der Waals surface area contributed by atoms with Crippen LogP contribution in [0.5, 0.6) is 0 Å². The Kier molecular flexibility index (Phi) is 9.79. The van der Waals surface area contributed by atoms with Gasteiger partial charge in [0.05, 0.1) is 7.11 Å². The normalized spacial score (nSPS) is 11.6. The summed E-state index contributed by atoms with van der Waals surface area (Å²) in [6.07, 6.45) is -2.19. The number of hydrogen-bond acceptors (Lipinski definition) is 2. The molecule has 1 aromatic rings. The molecule has 1 aromatic carbocycles. The van der Waals surface area contributed by atoms with Gasteiger partial charge < -0.3 is 13.5 Å². The summed E-state index contributed by atoms with van der Waals surface area (Å²) in [5.41, 5.74) is 0.342. The number of methoxy groups -OCH3 is 1. The molecule has 0 N–H and O–H groups in total. The fourth-order valence-corrected chi connectivity index (χ4v) is 1.39. The summed E-state index contributed by atoms with van der Waals surface area (Å²) in [5, 5.41) is 0.458. The van der Waals surface area contributed by atoms with Crippen molar-refractivity contribution < 1.29 is 34.7 Å². The Morgan fingerprint density at radius 2 is 1.94 bits per heavy atom. The van der Waals surface area contributed by atoms with Crippen LogP contribution < -0.4 is 0 Å². The van der Waals surface area contributed by atoms with Crippen molar-refractivity contribution >= 4 is 31.2 Å². The second kappa shape index (κ2) is 9.82. The van der Waals surface area contributed by atoms with Crippen LogP contribution in [0.1, 0.15) is 17.9 Å². The Balaban J connectivity index is 0.00000137. The minimum absolute atomic E-state index is 0.342. The maximum atomic E-state index is 12.7. The molecule has 18 heavy (non-hydrogen) atoms. The molecule has 0 fully saturated rings. The van der Waals surface area contributed by atoms with Gasteiger partial charge in [-0.05, 0) is 12.1 Å². The molecule has 96 valence electrons. The Bertz CT molecular complexity index is 363. The van der Waals surface area contributed by atoms with E-state index in [-0.39, 0.29) is 6.42 Å². The van der Waals surface area contributed by atoms with E-state index in [0.29, 0.717) is 10.6 Å². The standard InChI is InChI=1S/C11H10ClF2O2.BrH.Zn/c1-16-10(15)6-9(11(13)14)7-2-4-8(12)5-3-7;;/h2-5,9H,6H2,1H3;1H;/q-1;;+2/p-1. The summed E-state index contributed by atoms with van der Waals surface area (Å²) in [6.45, 7) is 0. The van der Waals surface area contributed by atoms with Crippen LogP contribution in [0, 0.1) is 6.43 Å². The topological polar surface area (TPSA) is 26.3 Å². The quantitative estimate of drug-likeness (QED) is 0.435. The van der Waals surface area contributed by atoms with Crippen molar-refractivity contribution in [3.63, 3.8) is 0 Å². The molecular weight excluding hydrogens is 383 g/mol. The Morgan fingerprint density at radius 3 is 2.33 bits per heavy atom. The molecule has 0 amide bonds. The summed E-state index contributed by atoms with van der Waals surface area (Å²) in [7, 11) is 1.16. The van der Waals surface area contributed by atoms with Crippen molar-refractivity contribution in [3.8, 4) is 0 Å². The van der Waals surface area contributed by atoms with E-state index in [1.54, 1.807) is 0 Å². The molecule has 2 nitrogen and oxygen atoms in total. The molecule has 7 heteroatoms. The summed E-state index contributed by atoms with van der Waals surface area (Å²) in [4.78, 5) is 11.0. The van der Waals surface area contributed by atoms with Gasteiger partial charge in [0.15, 0.2) is 0 Å². The molecule has 1 rings (SSSR count). The van der Waals surface area contributed by atoms with Crippen molar-refractivity contribution in [3.05, 3.63) is 41.3 Å². The van der Waals surface area contributed by atoms with E-state index in [1.165, 1.54) is 40.6 Å². The molecule has 0 aromatic heterocycles. The van der Waals surface area contributed by atoms with E-state index in [4.69, 9.17) is 11.6 Å². The van der Waals surface area contributed by atoms with E-state index < -0.39 is 18.3 Å². The fourth-order valence-electron chi connectivity index (χ4n) is 1.27. The Labute approximate surface area is 126 Å². The molecule has 0 aliphatic heterocycles. The molecule has 0 heterocycles. The summed E-state index contributed by atoms with van der Waals surface area (Å²) < 4.78 is 29.7. The van der Waals surface area contributed by atoms with Gasteiger partial charge in [0, 0.05) is 17.9 Å². The number of carbonyl (C=O) groups is 1. The van der Waals surface area contributed by atoms with Crippen LogP contribution in [-0.4, -0.2) is 13.1 Å². The van der Waals surface area contributed by atoms with Gasteiger partial charge in [0.25, 0.3) is 0 Å². The first-order valence-electron chi connectivity index (χ1n) is 4.81. The second-order valence-electron chi connectivity index (χ2n) is 3.17. The van der Waals surface area contributed by atoms with Crippen molar-refractivity contribution in [1.82, 2.24) is 0 Å². The van der Waals surface area contributed by atoms with Gasteiger partial charge >= 0.3 is 35.9 Å². The molecule has 0 saturated heterocycles. The fraction of sp³-hybridized carbons (Fsp3) is 0.273. The molecule has 0 radical (unpaired) electrons. The number of ether oxygens (including phenoxy) is 1. The van der Waals surface area contributed by atoms with Crippen LogP contribution in [0.2, 0.25) is 5.02 Å². The van der Waals surface area contributed by atoms with Crippen LogP contribution in [0.15, 0.2) is 24.3 Å². The molecule has 0 aliphatic carbocycles. The average molecular weight is 393 g/mol. The zero-order chi connectivity index (χ0) is 14.1. The zero-order valence-electron chi connectivity index (χ0n) is 9.63.